The molecule has 0 unspecified atom stereocenters. The average Bonchev–Trinajstić information content (AvgIpc) is 2.96. The largest absolute Gasteiger partial charge is 0.307 e. The molecule has 3 rings (SSSR count). The molecule has 0 fully saturated rings. The van der Waals surface area contributed by atoms with Crippen LogP contribution in [-0.2, 0) is 19.5 Å². The van der Waals surface area contributed by atoms with Crippen LogP contribution in [0.3, 0.4) is 0 Å². The van der Waals surface area contributed by atoms with Crippen LogP contribution >= 0.6 is 0 Å². The van der Waals surface area contributed by atoms with Crippen molar-refractivity contribution in [1.29, 1.82) is 0 Å². The fourth-order valence-electron chi connectivity index (χ4n) is 2.83. The van der Waals surface area contributed by atoms with Crippen LogP contribution in [0.5, 0.6) is 0 Å². The van der Waals surface area contributed by atoms with Crippen LogP contribution in [0.15, 0.2) is 24.3 Å². The minimum atomic E-state index is 0.555. The van der Waals surface area contributed by atoms with E-state index in [-0.39, 0.29) is 0 Å². The van der Waals surface area contributed by atoms with Gasteiger partial charge in [-0.1, -0.05) is 51.5 Å². The molecule has 0 bridgehead atoms. The highest BCUT2D eigenvalue weighted by molar-refractivity contribution is 5.57. The highest BCUT2D eigenvalue weighted by atomic mass is 15.0. The van der Waals surface area contributed by atoms with Crippen molar-refractivity contribution in [3.8, 4) is 11.4 Å². The summed E-state index contributed by atoms with van der Waals surface area (Å²) in [5, 5.41) is 3.39. The zero-order valence-electron chi connectivity index (χ0n) is 13.1. The number of rotatable bonds is 4. The van der Waals surface area contributed by atoms with Crippen molar-refractivity contribution in [2.24, 2.45) is 0 Å². The second-order valence-corrected chi connectivity index (χ2v) is 6.05. The van der Waals surface area contributed by atoms with Crippen molar-refractivity contribution in [2.45, 2.75) is 52.6 Å². The summed E-state index contributed by atoms with van der Waals surface area (Å²) in [5.74, 6) is 1.43. The van der Waals surface area contributed by atoms with Gasteiger partial charge in [0.25, 0.3) is 0 Å². The molecule has 1 aliphatic rings. The summed E-state index contributed by atoms with van der Waals surface area (Å²) in [7, 11) is 0. The van der Waals surface area contributed by atoms with Crippen molar-refractivity contribution in [3.63, 3.8) is 0 Å². The van der Waals surface area contributed by atoms with Crippen LogP contribution < -0.4 is 5.32 Å². The molecule has 1 aromatic carbocycles. The van der Waals surface area contributed by atoms with Gasteiger partial charge in [-0.25, -0.2) is 9.97 Å². The maximum atomic E-state index is 4.83. The molecule has 1 aromatic heterocycles. The van der Waals surface area contributed by atoms with Crippen molar-refractivity contribution in [2.75, 3.05) is 0 Å². The normalized spacial score (nSPS) is 13.7. The van der Waals surface area contributed by atoms with E-state index in [0.717, 1.165) is 37.3 Å². The van der Waals surface area contributed by atoms with Crippen LogP contribution in [0.2, 0.25) is 0 Å². The van der Waals surface area contributed by atoms with Gasteiger partial charge in [0.1, 0.15) is 0 Å². The molecule has 2 heterocycles. The molecule has 1 N–H and O–H groups in total. The monoisotopic (exact) mass is 281 g/mol. The van der Waals surface area contributed by atoms with Gasteiger partial charge in [0, 0.05) is 29.9 Å². The van der Waals surface area contributed by atoms with Crippen molar-refractivity contribution < 1.29 is 0 Å². The highest BCUT2D eigenvalue weighted by Gasteiger charge is 2.18. The van der Waals surface area contributed by atoms with Crippen molar-refractivity contribution in [1.82, 2.24) is 15.3 Å². The van der Waals surface area contributed by atoms with Gasteiger partial charge in [-0.15, -0.1) is 0 Å². The topological polar surface area (TPSA) is 37.8 Å². The molecule has 3 heteroatoms. The highest BCUT2D eigenvalue weighted by Crippen LogP contribution is 2.24. The third-order valence-electron chi connectivity index (χ3n) is 4.09. The van der Waals surface area contributed by atoms with Crippen molar-refractivity contribution >= 4 is 0 Å². The number of hydrogen-bond donors (Lipinski definition) is 1. The van der Waals surface area contributed by atoms with Gasteiger partial charge in [-0.3, -0.25) is 0 Å². The average molecular weight is 281 g/mol. The minimum absolute atomic E-state index is 0.555. The number of nitrogens with zero attached hydrogens (tertiary/aromatic N) is 2. The van der Waals surface area contributed by atoms with E-state index in [1.807, 2.05) is 0 Å². The predicted molar refractivity (Wildman–Crippen MR) is 86.1 cm³/mol. The first-order valence-corrected chi connectivity index (χ1v) is 7.88. The quantitative estimate of drug-likeness (QED) is 0.925. The fraction of sp³-hybridized carbons (Fsp3) is 0.444. The SMILES string of the molecule is CCCc1nc(-c2ccc(C(C)C)cc2)nc2c1CNC2. The second kappa shape index (κ2) is 5.94. The number of hydrogen-bond acceptors (Lipinski definition) is 3. The Morgan fingerprint density at radius 1 is 1.10 bits per heavy atom. The van der Waals surface area contributed by atoms with Crippen LogP contribution in [-0.4, -0.2) is 9.97 Å². The standard InChI is InChI=1S/C18H23N3/c1-4-5-16-15-10-19-11-17(15)21-18(20-16)14-8-6-13(7-9-14)12(2)3/h6-9,12,19H,4-5,10-11H2,1-3H3. The molecule has 3 nitrogen and oxygen atoms in total. The van der Waals surface area contributed by atoms with Crippen LogP contribution in [0.1, 0.15) is 55.6 Å². The van der Waals surface area contributed by atoms with E-state index in [4.69, 9.17) is 9.97 Å². The van der Waals surface area contributed by atoms with E-state index in [0.29, 0.717) is 5.92 Å². The third kappa shape index (κ3) is 2.84. The molecule has 2 aromatic rings. The molecule has 21 heavy (non-hydrogen) atoms. The molecular weight excluding hydrogens is 258 g/mol. The van der Waals surface area contributed by atoms with Gasteiger partial charge in [-0.05, 0) is 17.9 Å². The maximum absolute atomic E-state index is 4.83. The number of benzene rings is 1. The van der Waals surface area contributed by atoms with E-state index in [9.17, 15) is 0 Å². The van der Waals surface area contributed by atoms with Gasteiger partial charge in [-0.2, -0.15) is 0 Å². The molecule has 0 atom stereocenters. The lowest BCUT2D eigenvalue weighted by Gasteiger charge is -2.10. The van der Waals surface area contributed by atoms with Crippen LogP contribution in [0.25, 0.3) is 11.4 Å². The number of aromatic nitrogens is 2. The molecule has 110 valence electrons. The fourth-order valence-corrected chi connectivity index (χ4v) is 2.83. The summed E-state index contributed by atoms with van der Waals surface area (Å²) < 4.78 is 0. The molecule has 0 spiro atoms. The Kier molecular flexibility index (Phi) is 4.02. The summed E-state index contributed by atoms with van der Waals surface area (Å²) in [5.41, 5.74) is 6.19. The molecule has 0 aliphatic carbocycles. The minimum Gasteiger partial charge on any atom is -0.307 e. The van der Waals surface area contributed by atoms with Gasteiger partial charge in [0.2, 0.25) is 0 Å². The maximum Gasteiger partial charge on any atom is 0.159 e. The summed E-state index contributed by atoms with van der Waals surface area (Å²) in [6, 6.07) is 8.67. The molecule has 0 saturated heterocycles. The predicted octanol–water partition coefficient (Wildman–Crippen LogP) is 3.82. The van der Waals surface area contributed by atoms with Gasteiger partial charge in [0.15, 0.2) is 5.82 Å². The first kappa shape index (κ1) is 14.2. The summed E-state index contributed by atoms with van der Waals surface area (Å²) in [6.45, 7) is 8.41. The second-order valence-electron chi connectivity index (χ2n) is 6.05. The smallest absolute Gasteiger partial charge is 0.159 e. The molecule has 0 amide bonds. The van der Waals surface area contributed by atoms with Crippen LogP contribution in [0.4, 0.5) is 0 Å². The van der Waals surface area contributed by atoms with Crippen LogP contribution in [0, 0.1) is 0 Å². The Morgan fingerprint density at radius 2 is 1.86 bits per heavy atom. The Bertz CT molecular complexity index is 630. The van der Waals surface area contributed by atoms with Gasteiger partial charge < -0.3 is 5.32 Å². The Hall–Kier alpha value is -1.74. The first-order valence-electron chi connectivity index (χ1n) is 7.88. The molecule has 0 radical (unpaired) electrons. The Labute approximate surface area is 126 Å². The van der Waals surface area contributed by atoms with E-state index in [1.54, 1.807) is 0 Å². The third-order valence-corrected chi connectivity index (χ3v) is 4.09. The lowest BCUT2D eigenvalue weighted by atomic mass is 10.0. The number of aryl methyl sites for hydroxylation is 1. The van der Waals surface area contributed by atoms with E-state index in [2.05, 4.69) is 50.4 Å². The molecule has 1 aliphatic heterocycles. The number of fused-ring (bicyclic) bond motifs is 1. The van der Waals surface area contributed by atoms with E-state index >= 15 is 0 Å². The zero-order chi connectivity index (χ0) is 14.8. The van der Waals surface area contributed by atoms with E-state index < -0.39 is 0 Å². The number of nitrogens with one attached hydrogen (secondary N) is 1. The summed E-state index contributed by atoms with van der Waals surface area (Å²) in [6.07, 6.45) is 2.15. The Morgan fingerprint density at radius 3 is 2.52 bits per heavy atom. The van der Waals surface area contributed by atoms with Gasteiger partial charge in [0.05, 0.1) is 5.69 Å². The van der Waals surface area contributed by atoms with Crippen molar-refractivity contribution in [3.05, 3.63) is 46.8 Å². The molecule has 0 saturated carbocycles. The van der Waals surface area contributed by atoms with Gasteiger partial charge >= 0.3 is 0 Å². The lowest BCUT2D eigenvalue weighted by Crippen LogP contribution is -2.03. The lowest BCUT2D eigenvalue weighted by molar-refractivity contribution is 0.753. The Balaban J connectivity index is 2.00. The summed E-state index contributed by atoms with van der Waals surface area (Å²) in [4.78, 5) is 9.60. The first-order chi connectivity index (χ1) is 10.2. The van der Waals surface area contributed by atoms with E-state index in [1.165, 1.54) is 22.5 Å². The molecular formula is C18H23N3. The zero-order valence-corrected chi connectivity index (χ0v) is 13.1. The summed E-state index contributed by atoms with van der Waals surface area (Å²) >= 11 is 0.